The van der Waals surface area contributed by atoms with Crippen molar-refractivity contribution in [1.29, 1.82) is 0 Å². The first-order valence-corrected chi connectivity index (χ1v) is 6.36. The summed E-state index contributed by atoms with van der Waals surface area (Å²) in [7, 11) is 0. The van der Waals surface area contributed by atoms with Gasteiger partial charge in [0.2, 0.25) is 0 Å². The highest BCUT2D eigenvalue weighted by molar-refractivity contribution is 5.77. The van der Waals surface area contributed by atoms with Crippen molar-refractivity contribution in [2.24, 2.45) is 10.7 Å². The van der Waals surface area contributed by atoms with Gasteiger partial charge in [0.15, 0.2) is 17.4 Å². The highest BCUT2D eigenvalue weighted by atomic mass is 19.4. The summed E-state index contributed by atoms with van der Waals surface area (Å²) >= 11 is 0. The fraction of sp³-hybridized carbons (Fsp3) is 0.308. The van der Waals surface area contributed by atoms with Crippen molar-refractivity contribution < 1.29 is 13.2 Å². The van der Waals surface area contributed by atoms with Gasteiger partial charge in [0.25, 0.3) is 0 Å². The molecule has 3 N–H and O–H groups in total. The monoisotopic (exact) mass is 312 g/mol. The molecule has 0 radical (unpaired) electrons. The maximum atomic E-state index is 12.7. The third-order valence-electron chi connectivity index (χ3n) is 2.76. The van der Waals surface area contributed by atoms with E-state index in [1.165, 1.54) is 10.5 Å². The van der Waals surface area contributed by atoms with E-state index < -0.39 is 11.7 Å². The van der Waals surface area contributed by atoms with Crippen molar-refractivity contribution in [1.82, 2.24) is 19.9 Å². The van der Waals surface area contributed by atoms with E-state index in [2.05, 4.69) is 27.1 Å². The van der Waals surface area contributed by atoms with Crippen LogP contribution in [0.25, 0.3) is 5.65 Å². The molecule has 0 fully saturated rings. The van der Waals surface area contributed by atoms with Crippen LogP contribution < -0.4 is 11.1 Å². The Hall–Kier alpha value is -2.58. The molecule has 118 valence electrons. The van der Waals surface area contributed by atoms with E-state index in [4.69, 9.17) is 5.73 Å². The lowest BCUT2D eigenvalue weighted by Gasteiger charge is -2.07. The molecule has 9 heteroatoms. The molecule has 0 amide bonds. The maximum Gasteiger partial charge on any atom is 0.417 e. The first kappa shape index (κ1) is 15.8. The third-order valence-corrected chi connectivity index (χ3v) is 2.76. The van der Waals surface area contributed by atoms with Gasteiger partial charge in [-0.25, -0.2) is 4.99 Å². The second kappa shape index (κ2) is 6.04. The number of alkyl halides is 3. The molecule has 0 spiro atoms. The Morgan fingerprint density at radius 1 is 1.41 bits per heavy atom. The minimum absolute atomic E-state index is 0.0114. The van der Waals surface area contributed by atoms with Crippen LogP contribution in [0.15, 0.2) is 35.5 Å². The molecule has 2 aromatic rings. The summed E-state index contributed by atoms with van der Waals surface area (Å²) in [5, 5.41) is 10.4. The minimum atomic E-state index is -4.43. The topological polar surface area (TPSA) is 80.6 Å². The largest absolute Gasteiger partial charge is 0.417 e. The van der Waals surface area contributed by atoms with E-state index in [-0.39, 0.29) is 18.3 Å². The average Bonchev–Trinajstić information content (AvgIpc) is 2.84. The fourth-order valence-corrected chi connectivity index (χ4v) is 1.67. The minimum Gasteiger partial charge on any atom is -0.370 e. The van der Waals surface area contributed by atoms with Crippen molar-refractivity contribution >= 4 is 11.6 Å². The van der Waals surface area contributed by atoms with Crippen LogP contribution in [0.4, 0.5) is 13.2 Å². The molecular weight excluding hydrogens is 297 g/mol. The Morgan fingerprint density at radius 2 is 2.14 bits per heavy atom. The summed E-state index contributed by atoms with van der Waals surface area (Å²) in [6, 6.07) is 2.21. The van der Waals surface area contributed by atoms with E-state index >= 15 is 0 Å². The molecule has 2 heterocycles. The standard InChI is InChI=1S/C13H15F3N6/c1-8(2)5-18-12(17)19-6-11-21-20-10-4-3-9(7-22(10)11)13(14,15)16/h3-4,7H,1,5-6H2,2H3,(H3,17,18,19). The third kappa shape index (κ3) is 3.74. The molecule has 0 saturated carbocycles. The summed E-state index contributed by atoms with van der Waals surface area (Å²) in [6.07, 6.45) is -3.49. The zero-order chi connectivity index (χ0) is 16.3. The Bertz CT molecular complexity index is 716. The van der Waals surface area contributed by atoms with Crippen LogP contribution in [0, 0.1) is 0 Å². The first-order valence-electron chi connectivity index (χ1n) is 6.36. The Morgan fingerprint density at radius 3 is 2.77 bits per heavy atom. The predicted molar refractivity (Wildman–Crippen MR) is 76.1 cm³/mol. The van der Waals surface area contributed by atoms with Gasteiger partial charge in [0.05, 0.1) is 5.56 Å². The highest BCUT2D eigenvalue weighted by Crippen LogP contribution is 2.29. The number of pyridine rings is 1. The van der Waals surface area contributed by atoms with Gasteiger partial charge in [-0.15, -0.1) is 10.2 Å². The summed E-state index contributed by atoms with van der Waals surface area (Å²) in [5.41, 5.74) is 6.05. The Balaban J connectivity index is 2.21. The molecule has 22 heavy (non-hydrogen) atoms. The lowest BCUT2D eigenvalue weighted by Crippen LogP contribution is -2.32. The highest BCUT2D eigenvalue weighted by Gasteiger charge is 2.31. The quantitative estimate of drug-likeness (QED) is 0.512. The number of hydrogen-bond acceptors (Lipinski definition) is 3. The number of guanidine groups is 1. The number of nitrogens with zero attached hydrogens (tertiary/aromatic N) is 4. The number of fused-ring (bicyclic) bond motifs is 1. The van der Waals surface area contributed by atoms with Gasteiger partial charge < -0.3 is 11.1 Å². The van der Waals surface area contributed by atoms with Crippen LogP contribution in [0.3, 0.4) is 0 Å². The Kier molecular flexibility index (Phi) is 4.34. The molecule has 0 atom stereocenters. The van der Waals surface area contributed by atoms with Crippen molar-refractivity contribution in [2.45, 2.75) is 19.6 Å². The van der Waals surface area contributed by atoms with Crippen LogP contribution in [0.1, 0.15) is 18.3 Å². The van der Waals surface area contributed by atoms with Crippen molar-refractivity contribution in [3.63, 3.8) is 0 Å². The molecule has 0 aliphatic carbocycles. The molecular formula is C13H15F3N6. The van der Waals surface area contributed by atoms with Crippen molar-refractivity contribution in [3.8, 4) is 0 Å². The van der Waals surface area contributed by atoms with Crippen molar-refractivity contribution in [2.75, 3.05) is 6.54 Å². The van der Waals surface area contributed by atoms with Crippen molar-refractivity contribution in [3.05, 3.63) is 41.9 Å². The van der Waals surface area contributed by atoms with Gasteiger partial charge >= 0.3 is 6.18 Å². The van der Waals surface area contributed by atoms with Crippen LogP contribution in [-0.4, -0.2) is 27.1 Å². The lowest BCUT2D eigenvalue weighted by molar-refractivity contribution is -0.137. The number of halogens is 3. The molecule has 0 unspecified atom stereocenters. The molecule has 0 aliphatic heterocycles. The van der Waals surface area contributed by atoms with Gasteiger partial charge in [-0.2, -0.15) is 13.2 Å². The number of aliphatic imine (C=N–C) groups is 1. The van der Waals surface area contributed by atoms with Gasteiger partial charge in [0.1, 0.15) is 6.54 Å². The van der Waals surface area contributed by atoms with E-state index in [9.17, 15) is 13.2 Å². The molecule has 0 aromatic carbocycles. The Labute approximate surface area is 124 Å². The lowest BCUT2D eigenvalue weighted by atomic mass is 10.3. The number of hydrogen-bond donors (Lipinski definition) is 2. The zero-order valence-electron chi connectivity index (χ0n) is 11.9. The molecule has 2 rings (SSSR count). The summed E-state index contributed by atoms with van der Waals surface area (Å²) in [5.74, 6) is 0.424. The van der Waals surface area contributed by atoms with E-state index in [0.29, 0.717) is 12.2 Å². The molecule has 6 nitrogen and oxygen atoms in total. The van der Waals surface area contributed by atoms with E-state index in [1.54, 1.807) is 0 Å². The second-order valence-corrected chi connectivity index (χ2v) is 4.77. The second-order valence-electron chi connectivity index (χ2n) is 4.77. The average molecular weight is 312 g/mol. The zero-order valence-corrected chi connectivity index (χ0v) is 11.9. The fourth-order valence-electron chi connectivity index (χ4n) is 1.67. The summed E-state index contributed by atoms with van der Waals surface area (Å²) < 4.78 is 39.4. The smallest absolute Gasteiger partial charge is 0.370 e. The molecule has 0 bridgehead atoms. The SMILES string of the molecule is C=C(C)CNC(N)=NCc1nnc2ccc(C(F)(F)F)cn12. The summed E-state index contributed by atoms with van der Waals surface area (Å²) in [6.45, 7) is 6.01. The van der Waals surface area contributed by atoms with Crippen LogP contribution in [-0.2, 0) is 12.7 Å². The molecule has 0 saturated heterocycles. The number of nitrogens with one attached hydrogen (secondary N) is 1. The van der Waals surface area contributed by atoms with Crippen LogP contribution in [0.2, 0.25) is 0 Å². The van der Waals surface area contributed by atoms with Crippen LogP contribution in [0.5, 0.6) is 0 Å². The van der Waals surface area contributed by atoms with Gasteiger partial charge in [-0.1, -0.05) is 12.2 Å². The van der Waals surface area contributed by atoms with Gasteiger partial charge in [-0.05, 0) is 19.1 Å². The van der Waals surface area contributed by atoms with E-state index in [0.717, 1.165) is 17.8 Å². The molecule has 2 aromatic heterocycles. The number of rotatable bonds is 4. The summed E-state index contributed by atoms with van der Waals surface area (Å²) in [4.78, 5) is 4.02. The van der Waals surface area contributed by atoms with Gasteiger partial charge in [0, 0.05) is 12.7 Å². The molecule has 0 aliphatic rings. The van der Waals surface area contributed by atoms with E-state index in [1.807, 2.05) is 6.92 Å². The number of aromatic nitrogens is 3. The van der Waals surface area contributed by atoms with Crippen LogP contribution >= 0.6 is 0 Å². The predicted octanol–water partition coefficient (Wildman–Crippen LogP) is 1.73. The first-order chi connectivity index (χ1) is 10.3. The maximum absolute atomic E-state index is 12.7. The van der Waals surface area contributed by atoms with Gasteiger partial charge in [-0.3, -0.25) is 4.40 Å². The number of nitrogens with two attached hydrogens (primary N) is 1. The normalized spacial score (nSPS) is 12.6.